The summed E-state index contributed by atoms with van der Waals surface area (Å²) in [7, 11) is 0. The second-order valence-corrected chi connectivity index (χ2v) is 2.90. The Kier molecular flexibility index (Phi) is 1.54. The van der Waals surface area contributed by atoms with Gasteiger partial charge in [0.25, 0.3) is 0 Å². The summed E-state index contributed by atoms with van der Waals surface area (Å²) in [5, 5.41) is 12.0. The van der Waals surface area contributed by atoms with Gasteiger partial charge in [-0.2, -0.15) is 0 Å². The molecule has 8 heavy (non-hydrogen) atoms. The molecule has 0 aromatic heterocycles. The summed E-state index contributed by atoms with van der Waals surface area (Å²) in [5.74, 6) is 0. The molecule has 0 amide bonds. The highest BCUT2D eigenvalue weighted by molar-refractivity contribution is 4.82. The van der Waals surface area contributed by atoms with Crippen molar-refractivity contribution in [1.82, 2.24) is 5.32 Å². The lowest BCUT2D eigenvalue weighted by molar-refractivity contribution is 0.160. The number of hydrogen-bond donors (Lipinski definition) is 2. The standard InChI is InChI=1S/C6H13NO/c1-6(5-8)2-3-7-4-6/h7-8H,2-5H2,1H3. The van der Waals surface area contributed by atoms with Crippen LogP contribution in [0.3, 0.4) is 0 Å². The third-order valence-electron chi connectivity index (χ3n) is 1.84. The van der Waals surface area contributed by atoms with Gasteiger partial charge in [-0.1, -0.05) is 6.92 Å². The largest absolute Gasteiger partial charge is 0.396 e. The van der Waals surface area contributed by atoms with Gasteiger partial charge in [0.2, 0.25) is 0 Å². The minimum absolute atomic E-state index is 0.181. The van der Waals surface area contributed by atoms with Crippen molar-refractivity contribution >= 4 is 0 Å². The maximum absolute atomic E-state index is 8.79. The lowest BCUT2D eigenvalue weighted by Crippen LogP contribution is -2.23. The highest BCUT2D eigenvalue weighted by Gasteiger charge is 2.26. The summed E-state index contributed by atoms with van der Waals surface area (Å²) in [5.41, 5.74) is 0.181. The van der Waals surface area contributed by atoms with E-state index < -0.39 is 0 Å². The van der Waals surface area contributed by atoms with Crippen LogP contribution in [0.1, 0.15) is 13.3 Å². The number of aliphatic hydroxyl groups excluding tert-OH is 1. The van der Waals surface area contributed by atoms with E-state index in [1.165, 1.54) is 0 Å². The summed E-state index contributed by atoms with van der Waals surface area (Å²) in [4.78, 5) is 0. The SMILES string of the molecule is CC1(CO)CCNC1. The predicted octanol–water partition coefficient (Wildman–Crippen LogP) is -0.0217. The van der Waals surface area contributed by atoms with E-state index in [0.29, 0.717) is 6.61 Å². The van der Waals surface area contributed by atoms with Crippen LogP contribution in [0.25, 0.3) is 0 Å². The average Bonchev–Trinajstić information content (AvgIpc) is 2.17. The fourth-order valence-electron chi connectivity index (χ4n) is 1.00. The Morgan fingerprint density at radius 3 is 2.75 bits per heavy atom. The van der Waals surface area contributed by atoms with Crippen LogP contribution in [-0.2, 0) is 0 Å². The fourth-order valence-corrected chi connectivity index (χ4v) is 1.00. The summed E-state index contributed by atoms with van der Waals surface area (Å²) >= 11 is 0. The van der Waals surface area contributed by atoms with E-state index >= 15 is 0 Å². The zero-order valence-corrected chi connectivity index (χ0v) is 5.28. The van der Waals surface area contributed by atoms with Crippen LogP contribution in [0.5, 0.6) is 0 Å². The maximum atomic E-state index is 8.79. The van der Waals surface area contributed by atoms with Crippen LogP contribution in [-0.4, -0.2) is 24.8 Å². The van der Waals surface area contributed by atoms with Crippen LogP contribution >= 0.6 is 0 Å². The molecule has 0 radical (unpaired) electrons. The van der Waals surface area contributed by atoms with Crippen molar-refractivity contribution in [3.05, 3.63) is 0 Å². The molecule has 0 aliphatic carbocycles. The lowest BCUT2D eigenvalue weighted by atomic mass is 9.91. The molecule has 1 aliphatic rings. The van der Waals surface area contributed by atoms with Gasteiger partial charge < -0.3 is 10.4 Å². The first-order valence-electron chi connectivity index (χ1n) is 3.08. The highest BCUT2D eigenvalue weighted by Crippen LogP contribution is 2.22. The molecule has 2 nitrogen and oxygen atoms in total. The Balaban J connectivity index is 2.40. The van der Waals surface area contributed by atoms with Crippen molar-refractivity contribution in [3.8, 4) is 0 Å². The summed E-state index contributed by atoms with van der Waals surface area (Å²) in [6.07, 6.45) is 1.11. The number of aliphatic hydroxyl groups is 1. The van der Waals surface area contributed by atoms with E-state index in [1.54, 1.807) is 0 Å². The predicted molar refractivity (Wildman–Crippen MR) is 32.7 cm³/mol. The van der Waals surface area contributed by atoms with Gasteiger partial charge in [0.15, 0.2) is 0 Å². The molecular weight excluding hydrogens is 102 g/mol. The number of hydrogen-bond acceptors (Lipinski definition) is 2. The molecule has 1 atom stereocenters. The molecule has 0 aromatic carbocycles. The highest BCUT2D eigenvalue weighted by atomic mass is 16.3. The zero-order valence-electron chi connectivity index (χ0n) is 5.28. The quantitative estimate of drug-likeness (QED) is 0.503. The third-order valence-corrected chi connectivity index (χ3v) is 1.84. The van der Waals surface area contributed by atoms with Crippen molar-refractivity contribution in [2.45, 2.75) is 13.3 Å². The van der Waals surface area contributed by atoms with E-state index in [0.717, 1.165) is 19.5 Å². The van der Waals surface area contributed by atoms with Gasteiger partial charge in [-0.15, -0.1) is 0 Å². The van der Waals surface area contributed by atoms with E-state index in [4.69, 9.17) is 5.11 Å². The normalized spacial score (nSPS) is 38.2. The molecule has 1 fully saturated rings. The van der Waals surface area contributed by atoms with Crippen LogP contribution in [0.4, 0.5) is 0 Å². The van der Waals surface area contributed by atoms with Gasteiger partial charge in [-0.05, 0) is 13.0 Å². The van der Waals surface area contributed by atoms with Crippen LogP contribution < -0.4 is 5.32 Å². The number of nitrogens with one attached hydrogen (secondary N) is 1. The second-order valence-electron chi connectivity index (χ2n) is 2.90. The molecule has 1 unspecified atom stereocenters. The Hall–Kier alpha value is -0.0800. The van der Waals surface area contributed by atoms with E-state index in [-0.39, 0.29) is 5.41 Å². The monoisotopic (exact) mass is 115 g/mol. The van der Waals surface area contributed by atoms with Crippen molar-refractivity contribution in [2.24, 2.45) is 5.41 Å². The summed E-state index contributed by atoms with van der Waals surface area (Å²) in [6, 6.07) is 0. The van der Waals surface area contributed by atoms with Crippen molar-refractivity contribution in [3.63, 3.8) is 0 Å². The molecule has 1 aliphatic heterocycles. The van der Waals surface area contributed by atoms with Gasteiger partial charge in [-0.3, -0.25) is 0 Å². The third kappa shape index (κ3) is 1.01. The second kappa shape index (κ2) is 2.03. The zero-order chi connectivity index (χ0) is 6.04. The van der Waals surface area contributed by atoms with Crippen molar-refractivity contribution < 1.29 is 5.11 Å². The van der Waals surface area contributed by atoms with Crippen molar-refractivity contribution in [1.29, 1.82) is 0 Å². The van der Waals surface area contributed by atoms with Gasteiger partial charge in [0, 0.05) is 18.6 Å². The van der Waals surface area contributed by atoms with Gasteiger partial charge in [-0.25, -0.2) is 0 Å². The first-order chi connectivity index (χ1) is 3.77. The molecule has 0 bridgehead atoms. The van der Waals surface area contributed by atoms with E-state index in [1.807, 2.05) is 0 Å². The van der Waals surface area contributed by atoms with Crippen LogP contribution in [0.15, 0.2) is 0 Å². The molecule has 48 valence electrons. The molecule has 2 heteroatoms. The molecule has 1 rings (SSSR count). The Labute approximate surface area is 49.9 Å². The molecule has 1 heterocycles. The van der Waals surface area contributed by atoms with Crippen molar-refractivity contribution in [2.75, 3.05) is 19.7 Å². The Morgan fingerprint density at radius 1 is 1.75 bits per heavy atom. The van der Waals surface area contributed by atoms with Gasteiger partial charge >= 0.3 is 0 Å². The smallest absolute Gasteiger partial charge is 0.0497 e. The first kappa shape index (κ1) is 6.05. The van der Waals surface area contributed by atoms with Crippen LogP contribution in [0, 0.1) is 5.41 Å². The molecular formula is C6H13NO. The Bertz CT molecular complexity index is 76.6. The van der Waals surface area contributed by atoms with Crippen LogP contribution in [0.2, 0.25) is 0 Å². The average molecular weight is 115 g/mol. The van der Waals surface area contributed by atoms with Gasteiger partial charge in [0.05, 0.1) is 0 Å². The lowest BCUT2D eigenvalue weighted by Gasteiger charge is -2.17. The maximum Gasteiger partial charge on any atom is 0.0497 e. The number of rotatable bonds is 1. The minimum Gasteiger partial charge on any atom is -0.396 e. The fraction of sp³-hybridized carbons (Fsp3) is 1.00. The first-order valence-corrected chi connectivity index (χ1v) is 3.08. The summed E-state index contributed by atoms with van der Waals surface area (Å²) < 4.78 is 0. The topological polar surface area (TPSA) is 32.3 Å². The summed E-state index contributed by atoms with van der Waals surface area (Å²) in [6.45, 7) is 4.47. The molecule has 1 saturated heterocycles. The Morgan fingerprint density at radius 2 is 2.50 bits per heavy atom. The van der Waals surface area contributed by atoms with E-state index in [9.17, 15) is 0 Å². The van der Waals surface area contributed by atoms with E-state index in [2.05, 4.69) is 12.2 Å². The molecule has 2 N–H and O–H groups in total. The minimum atomic E-state index is 0.181. The molecule has 0 saturated carbocycles. The molecule has 0 aromatic rings. The van der Waals surface area contributed by atoms with Gasteiger partial charge in [0.1, 0.15) is 0 Å². The molecule has 0 spiro atoms.